The van der Waals surface area contributed by atoms with Gasteiger partial charge >= 0.3 is 0 Å². The molecule has 2 aromatic carbocycles. The maximum Gasteiger partial charge on any atom is 0.252 e. The molecular weight excluding hydrogens is 463 g/mol. The lowest BCUT2D eigenvalue weighted by atomic mass is 9.99. The third-order valence-corrected chi connectivity index (χ3v) is 6.16. The number of benzene rings is 2. The van der Waals surface area contributed by atoms with Gasteiger partial charge in [-0.1, -0.05) is 26.0 Å². The molecule has 0 aliphatic heterocycles. The quantitative estimate of drug-likeness (QED) is 0.339. The topological polar surface area (TPSA) is 98.2 Å². The van der Waals surface area contributed by atoms with Crippen LogP contribution in [0.3, 0.4) is 0 Å². The molecule has 0 saturated carbocycles. The second-order valence-electron chi connectivity index (χ2n) is 9.05. The van der Waals surface area contributed by atoms with Crippen molar-refractivity contribution in [1.29, 1.82) is 0 Å². The molecule has 0 saturated heterocycles. The summed E-state index contributed by atoms with van der Waals surface area (Å²) in [6, 6.07) is 13.6. The number of H-pyrrole nitrogens is 1. The third kappa shape index (κ3) is 5.77. The predicted molar refractivity (Wildman–Crippen MR) is 134 cm³/mol. The van der Waals surface area contributed by atoms with Crippen molar-refractivity contribution < 1.29 is 13.9 Å². The van der Waals surface area contributed by atoms with E-state index >= 15 is 0 Å². The van der Waals surface area contributed by atoms with Crippen LogP contribution < -0.4 is 10.3 Å². The number of aromatic amines is 1. The van der Waals surface area contributed by atoms with Crippen LogP contribution in [0.25, 0.3) is 10.9 Å². The lowest BCUT2D eigenvalue weighted by molar-refractivity contribution is 0.121. The number of hydrogen-bond donors (Lipinski definition) is 1. The largest absolute Gasteiger partial charge is 0.497 e. The Balaban J connectivity index is 1.76. The Morgan fingerprint density at radius 3 is 2.56 bits per heavy atom. The van der Waals surface area contributed by atoms with E-state index in [1.165, 1.54) is 12.1 Å². The summed E-state index contributed by atoms with van der Waals surface area (Å²) in [5.74, 6) is 1.20. The molecule has 0 amide bonds. The van der Waals surface area contributed by atoms with Gasteiger partial charge in [-0.05, 0) is 58.3 Å². The molecule has 2 heterocycles. The number of hydrogen-bond acceptors (Lipinski definition) is 7. The zero-order valence-electron chi connectivity index (χ0n) is 20.9. The number of fused-ring (bicyclic) bond motifs is 1. The van der Waals surface area contributed by atoms with Gasteiger partial charge in [-0.25, -0.2) is 9.07 Å². The first-order valence-corrected chi connectivity index (χ1v) is 11.8. The van der Waals surface area contributed by atoms with E-state index in [9.17, 15) is 9.18 Å². The van der Waals surface area contributed by atoms with E-state index in [4.69, 9.17) is 9.47 Å². The minimum Gasteiger partial charge on any atom is -0.497 e. The maximum absolute atomic E-state index is 13.6. The molecule has 0 bridgehead atoms. The first kappa shape index (κ1) is 25.5. The second kappa shape index (κ2) is 11.4. The van der Waals surface area contributed by atoms with Crippen LogP contribution in [-0.2, 0) is 24.4 Å². The standard InChI is InChI=1S/C26H31FN6O3/c1-17(2)24(25-29-30-31-33(25)11-12-35-3)32(15-18-5-7-21(27)8-6-18)16-20-13-19-14-22(36-4)9-10-23(19)28-26(20)34/h5-10,13-14,17,24H,11-12,15-16H2,1-4H3,(H,28,34)/t24-/m1/s1. The Kier molecular flexibility index (Phi) is 8.07. The highest BCUT2D eigenvalue weighted by molar-refractivity contribution is 5.80. The fourth-order valence-electron chi connectivity index (χ4n) is 4.41. The highest BCUT2D eigenvalue weighted by Gasteiger charge is 2.30. The summed E-state index contributed by atoms with van der Waals surface area (Å²) in [7, 11) is 3.24. The lowest BCUT2D eigenvalue weighted by Gasteiger charge is -2.33. The molecule has 2 aromatic heterocycles. The average Bonchev–Trinajstić information content (AvgIpc) is 3.32. The van der Waals surface area contributed by atoms with Gasteiger partial charge in [0.2, 0.25) is 0 Å². The van der Waals surface area contributed by atoms with Gasteiger partial charge in [0.1, 0.15) is 11.6 Å². The van der Waals surface area contributed by atoms with Gasteiger partial charge in [-0.3, -0.25) is 9.69 Å². The number of nitrogens with one attached hydrogen (secondary N) is 1. The van der Waals surface area contributed by atoms with Crippen molar-refractivity contribution in [3.63, 3.8) is 0 Å². The first-order chi connectivity index (χ1) is 17.4. The number of pyridine rings is 1. The Labute approximate surface area is 208 Å². The van der Waals surface area contributed by atoms with Crippen LogP contribution in [0, 0.1) is 11.7 Å². The van der Waals surface area contributed by atoms with Crippen molar-refractivity contribution in [2.75, 3.05) is 20.8 Å². The number of aromatic nitrogens is 5. The van der Waals surface area contributed by atoms with Crippen molar-refractivity contribution in [2.24, 2.45) is 5.92 Å². The summed E-state index contributed by atoms with van der Waals surface area (Å²) in [5, 5.41) is 13.3. The van der Waals surface area contributed by atoms with Crippen LogP contribution in [0.2, 0.25) is 0 Å². The van der Waals surface area contributed by atoms with Gasteiger partial charge in [0.25, 0.3) is 5.56 Å². The third-order valence-electron chi connectivity index (χ3n) is 6.16. The van der Waals surface area contributed by atoms with Crippen LogP contribution in [0.15, 0.2) is 53.3 Å². The van der Waals surface area contributed by atoms with Crippen LogP contribution in [0.5, 0.6) is 5.75 Å². The molecular formula is C26H31FN6O3. The molecule has 0 aliphatic carbocycles. The van der Waals surface area contributed by atoms with E-state index in [-0.39, 0.29) is 23.3 Å². The molecule has 0 spiro atoms. The fraction of sp³-hybridized carbons (Fsp3) is 0.385. The summed E-state index contributed by atoms with van der Waals surface area (Å²) in [6.07, 6.45) is 0. The maximum atomic E-state index is 13.6. The minimum atomic E-state index is -0.297. The zero-order valence-corrected chi connectivity index (χ0v) is 20.9. The van der Waals surface area contributed by atoms with Gasteiger partial charge in [0.15, 0.2) is 5.82 Å². The van der Waals surface area contributed by atoms with Crippen LogP contribution in [0.4, 0.5) is 4.39 Å². The molecule has 9 nitrogen and oxygen atoms in total. The van der Waals surface area contributed by atoms with Crippen molar-refractivity contribution in [1.82, 2.24) is 30.1 Å². The summed E-state index contributed by atoms with van der Waals surface area (Å²) < 4.78 is 25.9. The second-order valence-corrected chi connectivity index (χ2v) is 9.05. The van der Waals surface area contributed by atoms with Gasteiger partial charge < -0.3 is 14.5 Å². The van der Waals surface area contributed by atoms with Crippen LogP contribution in [-0.4, -0.2) is 50.9 Å². The highest BCUT2D eigenvalue weighted by Crippen LogP contribution is 2.30. The van der Waals surface area contributed by atoms with Crippen molar-refractivity contribution in [2.45, 2.75) is 39.5 Å². The Morgan fingerprint density at radius 1 is 1.08 bits per heavy atom. The van der Waals surface area contributed by atoms with Crippen molar-refractivity contribution >= 4 is 10.9 Å². The van der Waals surface area contributed by atoms with E-state index in [2.05, 4.69) is 39.3 Å². The van der Waals surface area contributed by atoms with Gasteiger partial charge in [0.05, 0.1) is 26.3 Å². The molecule has 4 rings (SSSR count). The number of nitrogens with zero attached hydrogens (tertiary/aromatic N) is 5. The molecule has 0 radical (unpaired) electrons. The SMILES string of the molecule is COCCn1nnnc1[C@@H](C(C)C)N(Cc1ccc(F)cc1)Cc1cc2cc(OC)ccc2[nH]c1=O. The predicted octanol–water partition coefficient (Wildman–Crippen LogP) is 3.71. The Morgan fingerprint density at radius 2 is 1.86 bits per heavy atom. The number of ether oxygens (including phenoxy) is 2. The van der Waals surface area contributed by atoms with E-state index in [0.717, 1.165) is 16.5 Å². The number of methoxy groups -OCH3 is 2. The molecule has 1 N–H and O–H groups in total. The van der Waals surface area contributed by atoms with Gasteiger partial charge in [-0.15, -0.1) is 5.10 Å². The van der Waals surface area contributed by atoms with Crippen molar-refractivity contribution in [3.8, 4) is 5.75 Å². The summed E-state index contributed by atoms with van der Waals surface area (Å²) in [6.45, 7) is 5.95. The number of halogens is 1. The van der Waals surface area contributed by atoms with E-state index in [1.807, 2.05) is 24.3 Å². The van der Waals surface area contributed by atoms with E-state index in [0.29, 0.717) is 43.4 Å². The summed E-state index contributed by atoms with van der Waals surface area (Å²) in [5.41, 5.74) is 2.08. The molecule has 36 heavy (non-hydrogen) atoms. The highest BCUT2D eigenvalue weighted by atomic mass is 19.1. The molecule has 4 aromatic rings. The lowest BCUT2D eigenvalue weighted by Crippen LogP contribution is -2.35. The van der Waals surface area contributed by atoms with Gasteiger partial charge in [-0.2, -0.15) is 0 Å². The van der Waals surface area contributed by atoms with Gasteiger partial charge in [0, 0.05) is 36.7 Å². The van der Waals surface area contributed by atoms with E-state index in [1.54, 1.807) is 31.0 Å². The molecule has 0 fully saturated rings. The molecule has 10 heteroatoms. The zero-order chi connectivity index (χ0) is 25.7. The first-order valence-electron chi connectivity index (χ1n) is 11.8. The van der Waals surface area contributed by atoms with Crippen LogP contribution in [0.1, 0.15) is 36.8 Å². The molecule has 0 aliphatic rings. The number of rotatable bonds is 11. The minimum absolute atomic E-state index is 0.109. The van der Waals surface area contributed by atoms with E-state index < -0.39 is 0 Å². The molecule has 1 atom stereocenters. The number of tetrazole rings is 1. The molecule has 0 unspecified atom stereocenters. The van der Waals surface area contributed by atoms with Crippen molar-refractivity contribution in [3.05, 3.63) is 81.7 Å². The molecule has 190 valence electrons. The van der Waals surface area contributed by atoms with Crippen LogP contribution >= 0.6 is 0 Å². The fourth-order valence-corrected chi connectivity index (χ4v) is 4.41. The Bertz CT molecular complexity index is 1350. The normalized spacial score (nSPS) is 12.5. The average molecular weight is 495 g/mol. The monoisotopic (exact) mass is 494 g/mol. The summed E-state index contributed by atoms with van der Waals surface area (Å²) >= 11 is 0. The smallest absolute Gasteiger partial charge is 0.252 e. The summed E-state index contributed by atoms with van der Waals surface area (Å²) in [4.78, 5) is 18.2. The Hall–Kier alpha value is -3.63.